The Labute approximate surface area is 137 Å². The number of methoxy groups -OCH3 is 1. The highest BCUT2D eigenvalue weighted by Gasteiger charge is 2.41. The van der Waals surface area contributed by atoms with Crippen molar-refractivity contribution in [2.45, 2.75) is 31.6 Å². The summed E-state index contributed by atoms with van der Waals surface area (Å²) in [5.74, 6) is -0.846. The molecule has 1 aromatic rings. The molecule has 1 N–H and O–H groups in total. The number of carbonyl (C=O) groups is 2. The Morgan fingerprint density at radius 3 is 2.68 bits per heavy atom. The monoisotopic (exact) mass is 371 g/mol. The molecule has 22 heavy (non-hydrogen) atoms. The van der Waals surface area contributed by atoms with Crippen LogP contribution < -0.4 is 4.74 Å². The number of carboxylic acid groups (broad SMARTS) is 1. The Morgan fingerprint density at radius 2 is 2.09 bits per heavy atom. The zero-order valence-corrected chi connectivity index (χ0v) is 13.9. The van der Waals surface area contributed by atoms with Gasteiger partial charge in [0.05, 0.1) is 10.6 Å². The summed E-state index contributed by atoms with van der Waals surface area (Å²) in [6.45, 7) is 1.87. The Hall–Kier alpha value is -1.60. The molecule has 1 heterocycles. The Kier molecular flexibility index (Phi) is 5.42. The van der Waals surface area contributed by atoms with Gasteiger partial charge in [-0.2, -0.15) is 0 Å². The van der Waals surface area contributed by atoms with Crippen molar-refractivity contribution in [3.8, 4) is 5.75 Å². The van der Waals surface area contributed by atoms with E-state index in [1.54, 1.807) is 19.1 Å². The maximum Gasteiger partial charge on any atom is 0.326 e. The van der Waals surface area contributed by atoms with E-state index < -0.39 is 18.1 Å². The molecule has 1 amide bonds. The van der Waals surface area contributed by atoms with E-state index in [0.717, 1.165) is 4.47 Å². The largest absolute Gasteiger partial charge is 0.480 e. The van der Waals surface area contributed by atoms with Gasteiger partial charge < -0.3 is 19.5 Å². The highest BCUT2D eigenvalue weighted by molar-refractivity contribution is 9.10. The molecule has 0 aliphatic carbocycles. The van der Waals surface area contributed by atoms with E-state index in [-0.39, 0.29) is 18.6 Å². The second-order valence-corrected chi connectivity index (χ2v) is 5.98. The number of amides is 1. The van der Waals surface area contributed by atoms with Crippen molar-refractivity contribution >= 4 is 27.8 Å². The van der Waals surface area contributed by atoms with Crippen molar-refractivity contribution in [1.82, 2.24) is 4.90 Å². The topological polar surface area (TPSA) is 76.1 Å². The summed E-state index contributed by atoms with van der Waals surface area (Å²) < 4.78 is 11.6. The normalized spacial score (nSPS) is 22.4. The van der Waals surface area contributed by atoms with Gasteiger partial charge in [0.1, 0.15) is 11.8 Å². The molecule has 0 radical (unpaired) electrons. The number of aliphatic carboxylic acids is 1. The van der Waals surface area contributed by atoms with E-state index in [1.807, 2.05) is 12.1 Å². The molecule has 7 heteroatoms. The lowest BCUT2D eigenvalue weighted by atomic mass is 10.2. The fourth-order valence-electron chi connectivity index (χ4n) is 2.46. The van der Waals surface area contributed by atoms with E-state index >= 15 is 0 Å². The molecule has 0 spiro atoms. The van der Waals surface area contributed by atoms with Crippen molar-refractivity contribution in [2.75, 3.05) is 13.7 Å². The molecule has 1 fully saturated rings. The van der Waals surface area contributed by atoms with Crippen molar-refractivity contribution in [3.63, 3.8) is 0 Å². The van der Waals surface area contributed by atoms with Gasteiger partial charge in [0.15, 0.2) is 6.10 Å². The first kappa shape index (κ1) is 16.8. The predicted octanol–water partition coefficient (Wildman–Crippen LogP) is 1.92. The molecule has 0 saturated carbocycles. The number of halogens is 1. The van der Waals surface area contributed by atoms with Gasteiger partial charge in [-0.15, -0.1) is 0 Å². The van der Waals surface area contributed by atoms with Crippen LogP contribution in [0.2, 0.25) is 0 Å². The zero-order valence-electron chi connectivity index (χ0n) is 12.4. The van der Waals surface area contributed by atoms with Crippen LogP contribution in [0.5, 0.6) is 5.75 Å². The summed E-state index contributed by atoms with van der Waals surface area (Å²) >= 11 is 3.35. The molecule has 3 unspecified atom stereocenters. The molecular weight excluding hydrogens is 354 g/mol. The molecule has 1 aliphatic rings. The van der Waals surface area contributed by atoms with Crippen LogP contribution in [-0.4, -0.2) is 53.8 Å². The fourth-order valence-corrected chi connectivity index (χ4v) is 2.84. The van der Waals surface area contributed by atoms with E-state index in [4.69, 9.17) is 9.47 Å². The van der Waals surface area contributed by atoms with Crippen molar-refractivity contribution in [2.24, 2.45) is 0 Å². The zero-order chi connectivity index (χ0) is 16.3. The van der Waals surface area contributed by atoms with E-state index in [9.17, 15) is 14.7 Å². The first-order valence-corrected chi connectivity index (χ1v) is 7.70. The Balaban J connectivity index is 2.09. The lowest BCUT2D eigenvalue weighted by Crippen LogP contribution is -2.46. The number of rotatable bonds is 5. The van der Waals surface area contributed by atoms with Crippen molar-refractivity contribution < 1.29 is 24.2 Å². The number of hydrogen-bond acceptors (Lipinski definition) is 4. The molecule has 2 rings (SSSR count). The lowest BCUT2D eigenvalue weighted by Gasteiger charge is -2.25. The second-order valence-electron chi connectivity index (χ2n) is 5.13. The molecule has 120 valence electrons. The summed E-state index contributed by atoms with van der Waals surface area (Å²) in [7, 11) is 1.51. The van der Waals surface area contributed by atoms with Crippen LogP contribution in [0.15, 0.2) is 28.7 Å². The summed E-state index contributed by atoms with van der Waals surface area (Å²) in [5.41, 5.74) is 0. The minimum Gasteiger partial charge on any atom is -0.480 e. The maximum absolute atomic E-state index is 12.5. The number of likely N-dealkylation sites (tertiary alicyclic amines) is 1. The standard InChI is InChI=1S/C15H18BrNO5/c1-9(22-13-6-4-3-5-11(13)16)14(18)17-8-10(21-2)7-12(17)15(19)20/h3-6,9-10,12H,7-8H2,1-2H3,(H,19,20). The summed E-state index contributed by atoms with van der Waals surface area (Å²) in [4.78, 5) is 25.1. The minimum absolute atomic E-state index is 0.260. The Morgan fingerprint density at radius 1 is 1.41 bits per heavy atom. The van der Waals surface area contributed by atoms with Crippen molar-refractivity contribution in [1.29, 1.82) is 0 Å². The van der Waals surface area contributed by atoms with Gasteiger partial charge in [-0.05, 0) is 35.0 Å². The van der Waals surface area contributed by atoms with E-state index in [1.165, 1.54) is 12.0 Å². The predicted molar refractivity (Wildman–Crippen MR) is 82.8 cm³/mol. The third kappa shape index (κ3) is 3.59. The molecule has 1 aliphatic heterocycles. The molecular formula is C15H18BrNO5. The number of para-hydroxylation sites is 1. The maximum atomic E-state index is 12.5. The number of ether oxygens (including phenoxy) is 2. The van der Waals surface area contributed by atoms with Gasteiger partial charge in [-0.1, -0.05) is 12.1 Å². The van der Waals surface area contributed by atoms with Crippen LogP contribution in [-0.2, 0) is 14.3 Å². The molecule has 0 bridgehead atoms. The van der Waals surface area contributed by atoms with Crippen LogP contribution >= 0.6 is 15.9 Å². The van der Waals surface area contributed by atoms with Crippen LogP contribution in [0.25, 0.3) is 0 Å². The first-order valence-electron chi connectivity index (χ1n) is 6.91. The lowest BCUT2D eigenvalue weighted by molar-refractivity contribution is -0.150. The van der Waals surface area contributed by atoms with Gasteiger partial charge in [-0.3, -0.25) is 4.79 Å². The molecule has 6 nitrogen and oxygen atoms in total. The quantitative estimate of drug-likeness (QED) is 0.855. The highest BCUT2D eigenvalue weighted by atomic mass is 79.9. The average Bonchev–Trinajstić information content (AvgIpc) is 2.93. The van der Waals surface area contributed by atoms with Gasteiger partial charge in [0.2, 0.25) is 0 Å². The summed E-state index contributed by atoms with van der Waals surface area (Å²) in [6.07, 6.45) is -0.754. The minimum atomic E-state index is -1.03. The highest BCUT2D eigenvalue weighted by Crippen LogP contribution is 2.26. The number of hydrogen-bond donors (Lipinski definition) is 1. The molecule has 3 atom stereocenters. The second kappa shape index (κ2) is 7.11. The van der Waals surface area contributed by atoms with Gasteiger partial charge in [0, 0.05) is 20.1 Å². The SMILES string of the molecule is COC1CC(C(=O)O)N(C(=O)C(C)Oc2ccccc2Br)C1. The van der Waals surface area contributed by atoms with E-state index in [0.29, 0.717) is 12.2 Å². The third-order valence-corrected chi connectivity index (χ3v) is 4.31. The fraction of sp³-hybridized carbons (Fsp3) is 0.467. The summed E-state index contributed by atoms with van der Waals surface area (Å²) in [6, 6.07) is 6.32. The number of benzene rings is 1. The van der Waals surface area contributed by atoms with Crippen LogP contribution in [0.3, 0.4) is 0 Å². The van der Waals surface area contributed by atoms with Crippen LogP contribution in [0.4, 0.5) is 0 Å². The number of carboxylic acids is 1. The first-order chi connectivity index (χ1) is 10.4. The van der Waals surface area contributed by atoms with Gasteiger partial charge >= 0.3 is 5.97 Å². The average molecular weight is 372 g/mol. The molecule has 1 saturated heterocycles. The third-order valence-electron chi connectivity index (χ3n) is 3.65. The smallest absolute Gasteiger partial charge is 0.326 e. The van der Waals surface area contributed by atoms with Crippen LogP contribution in [0, 0.1) is 0 Å². The Bertz CT molecular complexity index is 565. The molecule has 1 aromatic carbocycles. The van der Waals surface area contributed by atoms with E-state index in [2.05, 4.69) is 15.9 Å². The van der Waals surface area contributed by atoms with Gasteiger partial charge in [0.25, 0.3) is 5.91 Å². The van der Waals surface area contributed by atoms with Crippen LogP contribution in [0.1, 0.15) is 13.3 Å². The number of nitrogens with zero attached hydrogens (tertiary/aromatic N) is 1. The molecule has 0 aromatic heterocycles. The summed E-state index contributed by atoms with van der Waals surface area (Å²) in [5, 5.41) is 9.26. The van der Waals surface area contributed by atoms with Gasteiger partial charge in [-0.25, -0.2) is 4.79 Å². The number of carbonyl (C=O) groups excluding carboxylic acids is 1. The van der Waals surface area contributed by atoms with Crippen molar-refractivity contribution in [3.05, 3.63) is 28.7 Å².